The number of carbonyl (C=O) groups excluding carboxylic acids is 1. The van der Waals surface area contributed by atoms with Crippen LogP contribution in [-0.4, -0.2) is 27.7 Å². The molecule has 0 aliphatic heterocycles. The highest BCUT2D eigenvalue weighted by molar-refractivity contribution is 6.35. The van der Waals surface area contributed by atoms with Crippen LogP contribution < -0.4 is 0 Å². The molecule has 0 bridgehead atoms. The Hall–Kier alpha value is -1.88. The number of esters is 1. The average molecular weight is 253 g/mol. The van der Waals surface area contributed by atoms with E-state index in [-0.39, 0.29) is 17.8 Å². The van der Waals surface area contributed by atoms with Crippen LogP contribution in [0.5, 0.6) is 5.88 Å². The first-order chi connectivity index (χ1) is 8.13. The van der Waals surface area contributed by atoms with Crippen LogP contribution in [0.15, 0.2) is 18.3 Å². The lowest BCUT2D eigenvalue weighted by Gasteiger charge is -2.05. The van der Waals surface area contributed by atoms with Crippen LogP contribution in [0.3, 0.4) is 0 Å². The summed E-state index contributed by atoms with van der Waals surface area (Å²) >= 11 is 5.95. The maximum Gasteiger partial charge on any atom is 0.343 e. The Morgan fingerprint density at radius 1 is 1.59 bits per heavy atom. The Morgan fingerprint density at radius 2 is 2.35 bits per heavy atom. The molecular weight excluding hydrogens is 244 g/mol. The summed E-state index contributed by atoms with van der Waals surface area (Å²) in [6, 6.07) is 3.00. The zero-order valence-electron chi connectivity index (χ0n) is 8.98. The van der Waals surface area contributed by atoms with Gasteiger partial charge >= 0.3 is 5.97 Å². The largest absolute Gasteiger partial charge is 0.493 e. The van der Waals surface area contributed by atoms with Crippen molar-refractivity contribution in [1.82, 2.24) is 9.97 Å². The minimum atomic E-state index is -0.640. The summed E-state index contributed by atoms with van der Waals surface area (Å²) in [7, 11) is 0. The third-order valence-electron chi connectivity index (χ3n) is 2.15. The third kappa shape index (κ3) is 2.14. The van der Waals surface area contributed by atoms with Gasteiger partial charge in [-0.05, 0) is 19.1 Å². The first-order valence-electron chi connectivity index (χ1n) is 4.94. The molecule has 17 heavy (non-hydrogen) atoms. The predicted molar refractivity (Wildman–Crippen MR) is 62.2 cm³/mol. The van der Waals surface area contributed by atoms with E-state index in [0.29, 0.717) is 10.4 Å². The number of rotatable bonds is 2. The SMILES string of the molecule is CCOC(=O)c1cc2c(Cl)ccnc2nc1O. The van der Waals surface area contributed by atoms with Crippen molar-refractivity contribution in [3.05, 3.63) is 28.9 Å². The zero-order valence-corrected chi connectivity index (χ0v) is 9.73. The number of halogens is 1. The Morgan fingerprint density at radius 3 is 3.06 bits per heavy atom. The maximum atomic E-state index is 11.5. The fourth-order valence-electron chi connectivity index (χ4n) is 1.39. The Labute approximate surface area is 102 Å². The van der Waals surface area contributed by atoms with Gasteiger partial charge in [-0.3, -0.25) is 0 Å². The molecule has 5 nitrogen and oxygen atoms in total. The molecule has 0 atom stereocenters. The minimum Gasteiger partial charge on any atom is -0.493 e. The first kappa shape index (κ1) is 11.6. The highest BCUT2D eigenvalue weighted by Crippen LogP contribution is 2.25. The lowest BCUT2D eigenvalue weighted by Crippen LogP contribution is -2.06. The normalized spacial score (nSPS) is 10.5. The first-order valence-corrected chi connectivity index (χ1v) is 5.32. The summed E-state index contributed by atoms with van der Waals surface area (Å²) < 4.78 is 4.80. The third-order valence-corrected chi connectivity index (χ3v) is 2.48. The molecule has 2 rings (SSSR count). The summed E-state index contributed by atoms with van der Waals surface area (Å²) in [6.07, 6.45) is 1.47. The molecule has 2 heterocycles. The fraction of sp³-hybridized carbons (Fsp3) is 0.182. The second-order valence-electron chi connectivity index (χ2n) is 3.24. The van der Waals surface area contributed by atoms with E-state index in [9.17, 15) is 9.90 Å². The molecule has 0 aliphatic carbocycles. The summed E-state index contributed by atoms with van der Waals surface area (Å²) in [5, 5.41) is 10.5. The molecule has 0 amide bonds. The van der Waals surface area contributed by atoms with E-state index >= 15 is 0 Å². The van der Waals surface area contributed by atoms with E-state index in [0.717, 1.165) is 0 Å². The van der Waals surface area contributed by atoms with Crippen molar-refractivity contribution < 1.29 is 14.6 Å². The summed E-state index contributed by atoms with van der Waals surface area (Å²) in [5.74, 6) is -1.05. The number of hydrogen-bond acceptors (Lipinski definition) is 5. The van der Waals surface area contributed by atoms with Crippen LogP contribution in [0.2, 0.25) is 5.02 Å². The maximum absolute atomic E-state index is 11.5. The number of carbonyl (C=O) groups is 1. The number of hydrogen-bond donors (Lipinski definition) is 1. The molecule has 1 N–H and O–H groups in total. The van der Waals surface area contributed by atoms with Crippen LogP contribution in [0, 0.1) is 0 Å². The summed E-state index contributed by atoms with van der Waals surface area (Å²) in [6.45, 7) is 1.90. The molecule has 2 aromatic rings. The van der Waals surface area contributed by atoms with E-state index in [2.05, 4.69) is 9.97 Å². The number of fused-ring (bicyclic) bond motifs is 1. The molecule has 0 radical (unpaired) electrons. The van der Waals surface area contributed by atoms with Gasteiger partial charge in [-0.2, -0.15) is 4.98 Å². The molecule has 6 heteroatoms. The smallest absolute Gasteiger partial charge is 0.343 e. The molecule has 0 unspecified atom stereocenters. The lowest BCUT2D eigenvalue weighted by atomic mass is 10.2. The van der Waals surface area contributed by atoms with E-state index in [4.69, 9.17) is 16.3 Å². The standard InChI is InChI=1S/C11H9ClN2O3/c1-2-17-11(16)7-5-6-8(12)3-4-13-9(6)14-10(7)15/h3-5H,2H2,1H3,(H,13,14,15). The Bertz CT molecular complexity index is 586. The van der Waals surface area contributed by atoms with Crippen LogP contribution >= 0.6 is 11.6 Å². The molecular formula is C11H9ClN2O3. The van der Waals surface area contributed by atoms with Gasteiger partial charge in [0, 0.05) is 11.6 Å². The zero-order chi connectivity index (χ0) is 12.4. The highest BCUT2D eigenvalue weighted by atomic mass is 35.5. The molecule has 0 saturated carbocycles. The Kier molecular flexibility index (Phi) is 3.10. The molecule has 88 valence electrons. The number of aromatic nitrogens is 2. The second-order valence-corrected chi connectivity index (χ2v) is 3.65. The average Bonchev–Trinajstić information content (AvgIpc) is 2.29. The lowest BCUT2D eigenvalue weighted by molar-refractivity contribution is 0.0522. The second kappa shape index (κ2) is 4.55. The van der Waals surface area contributed by atoms with Gasteiger partial charge in [-0.1, -0.05) is 11.6 Å². The van der Waals surface area contributed by atoms with Crippen molar-refractivity contribution in [3.63, 3.8) is 0 Å². The van der Waals surface area contributed by atoms with Gasteiger partial charge in [0.1, 0.15) is 5.56 Å². The van der Waals surface area contributed by atoms with Crippen molar-refractivity contribution >= 4 is 28.6 Å². The molecule has 0 aliphatic rings. The van der Waals surface area contributed by atoms with Gasteiger partial charge in [0.05, 0.1) is 11.6 Å². The van der Waals surface area contributed by atoms with Crippen LogP contribution in [0.4, 0.5) is 0 Å². The van der Waals surface area contributed by atoms with Crippen molar-refractivity contribution in [2.75, 3.05) is 6.61 Å². The highest BCUT2D eigenvalue weighted by Gasteiger charge is 2.16. The van der Waals surface area contributed by atoms with Crippen LogP contribution in [0.1, 0.15) is 17.3 Å². The molecule has 0 aromatic carbocycles. The van der Waals surface area contributed by atoms with Crippen LogP contribution in [-0.2, 0) is 4.74 Å². The van der Waals surface area contributed by atoms with Gasteiger partial charge in [-0.25, -0.2) is 9.78 Å². The van der Waals surface area contributed by atoms with E-state index in [1.807, 2.05) is 0 Å². The summed E-state index contributed by atoms with van der Waals surface area (Å²) in [5.41, 5.74) is 0.261. The Balaban J connectivity index is 2.61. The number of ether oxygens (including phenoxy) is 1. The van der Waals surface area contributed by atoms with Crippen molar-refractivity contribution in [2.45, 2.75) is 6.92 Å². The van der Waals surface area contributed by atoms with E-state index in [1.165, 1.54) is 12.3 Å². The number of nitrogens with zero attached hydrogens (tertiary/aromatic N) is 2. The fourth-order valence-corrected chi connectivity index (χ4v) is 1.59. The monoisotopic (exact) mass is 252 g/mol. The van der Waals surface area contributed by atoms with Crippen LogP contribution in [0.25, 0.3) is 11.0 Å². The number of pyridine rings is 2. The predicted octanol–water partition coefficient (Wildman–Crippen LogP) is 2.17. The van der Waals surface area contributed by atoms with Gasteiger partial charge in [0.2, 0.25) is 5.88 Å². The van der Waals surface area contributed by atoms with E-state index < -0.39 is 11.8 Å². The molecule has 2 aromatic heterocycles. The topological polar surface area (TPSA) is 72.3 Å². The number of aromatic hydroxyl groups is 1. The van der Waals surface area contributed by atoms with Crippen molar-refractivity contribution in [3.8, 4) is 5.88 Å². The summed E-state index contributed by atoms with van der Waals surface area (Å²) in [4.78, 5) is 19.3. The minimum absolute atomic E-state index is 0.0192. The van der Waals surface area contributed by atoms with Gasteiger partial charge in [0.25, 0.3) is 0 Å². The molecule has 0 fully saturated rings. The van der Waals surface area contributed by atoms with Crippen molar-refractivity contribution in [2.24, 2.45) is 0 Å². The van der Waals surface area contributed by atoms with E-state index in [1.54, 1.807) is 13.0 Å². The molecule has 0 saturated heterocycles. The van der Waals surface area contributed by atoms with Gasteiger partial charge in [-0.15, -0.1) is 0 Å². The van der Waals surface area contributed by atoms with Gasteiger partial charge < -0.3 is 9.84 Å². The molecule has 0 spiro atoms. The van der Waals surface area contributed by atoms with Gasteiger partial charge in [0.15, 0.2) is 5.65 Å². The van der Waals surface area contributed by atoms with Crippen molar-refractivity contribution in [1.29, 1.82) is 0 Å². The quantitative estimate of drug-likeness (QED) is 0.830.